The molecule has 0 saturated carbocycles. The maximum atomic E-state index is 12.2. The van der Waals surface area contributed by atoms with Crippen molar-refractivity contribution in [1.82, 2.24) is 4.98 Å². The minimum atomic E-state index is -0.810. The molecule has 0 radical (unpaired) electrons. The molecule has 3 heteroatoms. The third kappa shape index (κ3) is 0.988. The lowest BCUT2D eigenvalue weighted by Crippen LogP contribution is -1.83. The van der Waals surface area contributed by atoms with Gasteiger partial charge in [0.1, 0.15) is 0 Å². The normalized spacial score (nSPS) is 9.56. The van der Waals surface area contributed by atoms with Gasteiger partial charge in [-0.1, -0.05) is 0 Å². The summed E-state index contributed by atoms with van der Waals surface area (Å²) in [6.45, 7) is 1.61. The predicted octanol–water partition coefficient (Wildman–Crippen LogP) is 1.23. The number of pyridine rings is 1. The predicted molar refractivity (Wildman–Crippen MR) is 30.6 cm³/mol. The minimum Gasteiger partial charge on any atom is -0.503 e. The van der Waals surface area contributed by atoms with Crippen LogP contribution >= 0.6 is 0 Å². The molecule has 1 N–H and O–H groups in total. The van der Waals surface area contributed by atoms with Crippen LogP contribution in [-0.2, 0) is 0 Å². The summed E-state index contributed by atoms with van der Waals surface area (Å²) in [7, 11) is 0. The third-order valence-electron chi connectivity index (χ3n) is 1.08. The molecule has 9 heavy (non-hydrogen) atoms. The molecule has 0 bridgehead atoms. The zero-order valence-electron chi connectivity index (χ0n) is 4.93. The highest BCUT2D eigenvalue weighted by Crippen LogP contribution is 2.15. The topological polar surface area (TPSA) is 33.1 Å². The average Bonchev–Trinajstić information content (AvgIpc) is 1.83. The fourth-order valence-corrected chi connectivity index (χ4v) is 0.517. The molecule has 1 rings (SSSR count). The van der Waals surface area contributed by atoms with Gasteiger partial charge in [0.05, 0.1) is 0 Å². The van der Waals surface area contributed by atoms with Crippen molar-refractivity contribution in [2.45, 2.75) is 6.92 Å². The van der Waals surface area contributed by atoms with Crippen LogP contribution < -0.4 is 0 Å². The van der Waals surface area contributed by atoms with E-state index in [4.69, 9.17) is 5.11 Å². The number of rotatable bonds is 0. The first kappa shape index (κ1) is 6.01. The molecule has 0 spiro atoms. The fourth-order valence-electron chi connectivity index (χ4n) is 0.517. The molecule has 0 amide bonds. The molecule has 48 valence electrons. The first-order valence-corrected chi connectivity index (χ1v) is 2.52. The van der Waals surface area contributed by atoms with Gasteiger partial charge < -0.3 is 5.11 Å². The van der Waals surface area contributed by atoms with E-state index < -0.39 is 5.95 Å². The van der Waals surface area contributed by atoms with Gasteiger partial charge >= 0.3 is 0 Å². The van der Waals surface area contributed by atoms with Crippen molar-refractivity contribution < 1.29 is 9.50 Å². The van der Waals surface area contributed by atoms with Crippen LogP contribution in [-0.4, -0.2) is 10.1 Å². The Morgan fingerprint density at radius 2 is 2.33 bits per heavy atom. The summed E-state index contributed by atoms with van der Waals surface area (Å²) >= 11 is 0. The van der Waals surface area contributed by atoms with Crippen LogP contribution in [0.15, 0.2) is 12.3 Å². The van der Waals surface area contributed by atoms with Crippen LogP contribution in [0, 0.1) is 12.9 Å². The number of halogens is 1. The van der Waals surface area contributed by atoms with Gasteiger partial charge in [-0.25, -0.2) is 4.98 Å². The average molecular weight is 127 g/mol. The van der Waals surface area contributed by atoms with Crippen LogP contribution in [0.3, 0.4) is 0 Å². The zero-order valence-corrected chi connectivity index (χ0v) is 4.93. The van der Waals surface area contributed by atoms with Gasteiger partial charge in [0.25, 0.3) is 5.95 Å². The van der Waals surface area contributed by atoms with Crippen LogP contribution in [0.4, 0.5) is 4.39 Å². The Labute approximate surface area is 52.0 Å². The van der Waals surface area contributed by atoms with Gasteiger partial charge in [0, 0.05) is 6.20 Å². The van der Waals surface area contributed by atoms with Crippen molar-refractivity contribution in [1.29, 1.82) is 0 Å². The van der Waals surface area contributed by atoms with E-state index in [9.17, 15) is 4.39 Å². The molecule has 0 saturated heterocycles. The second-order valence-corrected chi connectivity index (χ2v) is 1.77. The highest BCUT2D eigenvalue weighted by Gasteiger charge is 2.01. The van der Waals surface area contributed by atoms with Gasteiger partial charge in [-0.2, -0.15) is 4.39 Å². The number of hydrogen-bond acceptors (Lipinski definition) is 2. The molecule has 1 aromatic heterocycles. The lowest BCUT2D eigenvalue weighted by atomic mass is 10.3. The van der Waals surface area contributed by atoms with E-state index in [0.717, 1.165) is 0 Å². The Kier molecular flexibility index (Phi) is 1.34. The smallest absolute Gasteiger partial charge is 0.255 e. The summed E-state index contributed by atoms with van der Waals surface area (Å²) in [5.41, 5.74) is 0.502. The van der Waals surface area contributed by atoms with Crippen LogP contribution in [0.2, 0.25) is 0 Å². The number of aromatic nitrogens is 1. The van der Waals surface area contributed by atoms with Crippen LogP contribution in [0.5, 0.6) is 5.75 Å². The number of aryl methyl sites for hydroxylation is 1. The molecule has 0 aliphatic heterocycles. The van der Waals surface area contributed by atoms with Crippen LogP contribution in [0.1, 0.15) is 5.56 Å². The fraction of sp³-hybridized carbons (Fsp3) is 0.167. The molecule has 0 fully saturated rings. The molecule has 0 atom stereocenters. The van der Waals surface area contributed by atoms with Gasteiger partial charge in [-0.15, -0.1) is 0 Å². The molecule has 1 heterocycles. The summed E-state index contributed by atoms with van der Waals surface area (Å²) in [6, 6.07) is 1.54. The Hall–Kier alpha value is -1.12. The maximum absolute atomic E-state index is 12.2. The zero-order chi connectivity index (χ0) is 6.85. The number of nitrogens with zero attached hydrogens (tertiary/aromatic N) is 1. The Morgan fingerprint density at radius 1 is 1.67 bits per heavy atom. The molecule has 1 aromatic rings. The van der Waals surface area contributed by atoms with Crippen molar-refractivity contribution in [2.24, 2.45) is 0 Å². The molecular formula is C6H6FNO. The molecule has 0 unspecified atom stereocenters. The molecular weight excluding hydrogens is 121 g/mol. The highest BCUT2D eigenvalue weighted by atomic mass is 19.1. The molecule has 0 aromatic carbocycles. The van der Waals surface area contributed by atoms with E-state index in [1.165, 1.54) is 6.20 Å². The largest absolute Gasteiger partial charge is 0.503 e. The summed E-state index contributed by atoms with van der Waals surface area (Å²) in [6.07, 6.45) is 1.31. The van der Waals surface area contributed by atoms with Crippen molar-refractivity contribution in [2.75, 3.05) is 0 Å². The number of hydrogen-bond donors (Lipinski definition) is 1. The Morgan fingerprint density at radius 3 is 2.78 bits per heavy atom. The number of aromatic hydroxyl groups is 1. The summed E-state index contributed by atoms with van der Waals surface area (Å²) in [5.74, 6) is -1.17. The minimum absolute atomic E-state index is 0.363. The van der Waals surface area contributed by atoms with Gasteiger partial charge in [-0.3, -0.25) is 0 Å². The second kappa shape index (κ2) is 2.01. The van der Waals surface area contributed by atoms with E-state index in [-0.39, 0.29) is 5.75 Å². The van der Waals surface area contributed by atoms with Gasteiger partial charge in [0.15, 0.2) is 5.75 Å². The third-order valence-corrected chi connectivity index (χ3v) is 1.08. The van der Waals surface area contributed by atoms with Crippen molar-refractivity contribution >= 4 is 0 Å². The van der Waals surface area contributed by atoms with E-state index >= 15 is 0 Å². The highest BCUT2D eigenvalue weighted by molar-refractivity contribution is 5.27. The monoisotopic (exact) mass is 127 g/mol. The summed E-state index contributed by atoms with van der Waals surface area (Å²) < 4.78 is 12.2. The second-order valence-electron chi connectivity index (χ2n) is 1.77. The molecule has 2 nitrogen and oxygen atoms in total. The van der Waals surface area contributed by atoms with E-state index in [1.54, 1.807) is 13.0 Å². The molecule has 0 aliphatic carbocycles. The Balaban J connectivity index is 3.25. The van der Waals surface area contributed by atoms with E-state index in [0.29, 0.717) is 5.56 Å². The van der Waals surface area contributed by atoms with Crippen molar-refractivity contribution in [3.8, 4) is 5.75 Å². The first-order chi connectivity index (χ1) is 4.22. The van der Waals surface area contributed by atoms with E-state index in [2.05, 4.69) is 4.98 Å². The van der Waals surface area contributed by atoms with Crippen molar-refractivity contribution in [3.05, 3.63) is 23.8 Å². The quantitative estimate of drug-likeness (QED) is 0.532. The van der Waals surface area contributed by atoms with Gasteiger partial charge in [0.2, 0.25) is 0 Å². The van der Waals surface area contributed by atoms with Crippen molar-refractivity contribution in [3.63, 3.8) is 0 Å². The summed E-state index contributed by atoms with van der Waals surface area (Å²) in [5, 5.41) is 8.77. The Bertz CT molecular complexity index is 204. The maximum Gasteiger partial charge on any atom is 0.255 e. The molecule has 0 aliphatic rings. The SMILES string of the molecule is Cc1ccnc(F)c1O. The summed E-state index contributed by atoms with van der Waals surface area (Å²) in [4.78, 5) is 3.22. The van der Waals surface area contributed by atoms with Crippen LogP contribution in [0.25, 0.3) is 0 Å². The lowest BCUT2D eigenvalue weighted by molar-refractivity contribution is 0.415. The lowest BCUT2D eigenvalue weighted by Gasteiger charge is -1.94. The van der Waals surface area contributed by atoms with Gasteiger partial charge in [-0.05, 0) is 18.6 Å². The standard InChI is InChI=1S/C6H6FNO/c1-4-2-3-8-6(7)5(4)9/h2-3,9H,1H3. The first-order valence-electron chi connectivity index (χ1n) is 2.52. The van der Waals surface area contributed by atoms with E-state index in [1.807, 2.05) is 0 Å².